The second-order valence-corrected chi connectivity index (χ2v) is 7.86. The molecule has 0 unspecified atom stereocenters. The number of Topliss-reactive ketones (excluding diaryl/α,β-unsaturated/α-hetero) is 1. The molecule has 3 rings (SSSR count). The second kappa shape index (κ2) is 7.43. The van der Waals surface area contributed by atoms with E-state index in [1.807, 2.05) is 13.8 Å². The molecule has 0 fully saturated rings. The third-order valence-corrected chi connectivity index (χ3v) is 4.21. The van der Waals surface area contributed by atoms with Crippen molar-refractivity contribution < 1.29 is 19.1 Å². The van der Waals surface area contributed by atoms with Crippen molar-refractivity contribution in [2.75, 3.05) is 11.9 Å². The first-order valence-corrected chi connectivity index (χ1v) is 9.14. The van der Waals surface area contributed by atoms with Crippen LogP contribution in [0.1, 0.15) is 54.8 Å². The predicted molar refractivity (Wildman–Crippen MR) is 105 cm³/mol. The topological polar surface area (TPSA) is 64.6 Å². The van der Waals surface area contributed by atoms with Gasteiger partial charge in [0.15, 0.2) is 5.78 Å². The molecule has 0 aromatic heterocycles. The van der Waals surface area contributed by atoms with Gasteiger partial charge in [-0.1, -0.05) is 13.8 Å². The molecule has 1 aliphatic rings. The molecule has 1 aliphatic heterocycles. The monoisotopic (exact) mass is 367 g/mol. The fraction of sp³-hybridized carbons (Fsp3) is 0.364. The Morgan fingerprint density at radius 3 is 2.56 bits per heavy atom. The lowest BCUT2D eigenvalue weighted by atomic mass is 9.93. The van der Waals surface area contributed by atoms with Crippen LogP contribution in [0.4, 0.5) is 5.69 Å². The molecule has 0 atom stereocenters. The Morgan fingerprint density at radius 1 is 1.19 bits per heavy atom. The van der Waals surface area contributed by atoms with Crippen molar-refractivity contribution in [2.24, 2.45) is 5.92 Å². The minimum Gasteiger partial charge on any atom is -0.493 e. The van der Waals surface area contributed by atoms with E-state index in [1.165, 1.54) is 0 Å². The molecule has 27 heavy (non-hydrogen) atoms. The fourth-order valence-corrected chi connectivity index (χ4v) is 2.90. The number of hydrogen-bond acceptors (Lipinski definition) is 4. The summed E-state index contributed by atoms with van der Waals surface area (Å²) in [6, 6.07) is 12.1. The van der Waals surface area contributed by atoms with Crippen LogP contribution in [-0.4, -0.2) is 23.9 Å². The highest BCUT2D eigenvalue weighted by Gasteiger charge is 2.32. The molecule has 5 heteroatoms. The zero-order valence-electron chi connectivity index (χ0n) is 16.2. The van der Waals surface area contributed by atoms with Crippen LogP contribution in [0.15, 0.2) is 42.5 Å². The minimum absolute atomic E-state index is 0.0176. The number of rotatable bonds is 5. The Hall–Kier alpha value is -2.82. The summed E-state index contributed by atoms with van der Waals surface area (Å²) in [7, 11) is 0. The van der Waals surface area contributed by atoms with Gasteiger partial charge in [-0.2, -0.15) is 0 Å². The maximum absolute atomic E-state index is 12.5. The molecule has 0 bridgehead atoms. The SMILES string of the molecule is CC(C)COc1ccc(C(=O)Nc2ccc3c(c2)C(=O)CC(C)(C)O3)cc1. The number of anilines is 1. The van der Waals surface area contributed by atoms with Gasteiger partial charge in [-0.25, -0.2) is 0 Å². The summed E-state index contributed by atoms with van der Waals surface area (Å²) < 4.78 is 11.5. The fourth-order valence-electron chi connectivity index (χ4n) is 2.90. The smallest absolute Gasteiger partial charge is 0.255 e. The van der Waals surface area contributed by atoms with E-state index in [4.69, 9.17) is 9.47 Å². The highest BCUT2D eigenvalue weighted by Crippen LogP contribution is 2.34. The van der Waals surface area contributed by atoms with E-state index in [0.29, 0.717) is 41.5 Å². The zero-order chi connectivity index (χ0) is 19.6. The van der Waals surface area contributed by atoms with E-state index in [-0.39, 0.29) is 11.7 Å². The lowest BCUT2D eigenvalue weighted by molar-refractivity contribution is 0.0620. The number of nitrogens with one attached hydrogen (secondary N) is 1. The standard InChI is InChI=1S/C22H25NO4/c1-14(2)13-26-17-8-5-15(6-9-17)21(25)23-16-7-10-20-18(11-16)19(24)12-22(3,4)27-20/h5-11,14H,12-13H2,1-4H3,(H,23,25). The van der Waals surface area contributed by atoms with Crippen LogP contribution in [0.25, 0.3) is 0 Å². The van der Waals surface area contributed by atoms with Crippen molar-refractivity contribution in [1.29, 1.82) is 0 Å². The van der Waals surface area contributed by atoms with E-state index in [1.54, 1.807) is 42.5 Å². The first kappa shape index (κ1) is 19.0. The summed E-state index contributed by atoms with van der Waals surface area (Å²) >= 11 is 0. The van der Waals surface area contributed by atoms with Crippen molar-refractivity contribution >= 4 is 17.4 Å². The number of ether oxygens (including phenoxy) is 2. The maximum Gasteiger partial charge on any atom is 0.255 e. The number of hydrogen-bond donors (Lipinski definition) is 1. The Balaban J connectivity index is 1.70. The van der Waals surface area contributed by atoms with Crippen LogP contribution in [0.3, 0.4) is 0 Å². The Morgan fingerprint density at radius 2 is 1.89 bits per heavy atom. The molecule has 2 aromatic carbocycles. The third kappa shape index (κ3) is 4.67. The van der Waals surface area contributed by atoms with E-state index in [2.05, 4.69) is 19.2 Å². The van der Waals surface area contributed by atoms with Gasteiger partial charge in [0.1, 0.15) is 17.1 Å². The largest absolute Gasteiger partial charge is 0.493 e. The molecule has 142 valence electrons. The van der Waals surface area contributed by atoms with Crippen molar-refractivity contribution in [1.82, 2.24) is 0 Å². The number of ketones is 1. The first-order chi connectivity index (χ1) is 12.7. The molecule has 0 spiro atoms. The van der Waals surface area contributed by atoms with Crippen LogP contribution < -0.4 is 14.8 Å². The Bertz CT molecular complexity index is 853. The van der Waals surface area contributed by atoms with E-state index in [9.17, 15) is 9.59 Å². The van der Waals surface area contributed by atoms with Crippen molar-refractivity contribution in [3.63, 3.8) is 0 Å². The number of carbonyl (C=O) groups excluding carboxylic acids is 2. The molecule has 0 saturated heterocycles. The molecule has 2 aromatic rings. The maximum atomic E-state index is 12.5. The van der Waals surface area contributed by atoms with Crippen molar-refractivity contribution in [3.8, 4) is 11.5 Å². The molecule has 0 saturated carbocycles. The highest BCUT2D eigenvalue weighted by atomic mass is 16.5. The third-order valence-electron chi connectivity index (χ3n) is 4.21. The van der Waals surface area contributed by atoms with Gasteiger partial charge >= 0.3 is 0 Å². The molecule has 1 amide bonds. The van der Waals surface area contributed by atoms with Gasteiger partial charge in [-0.3, -0.25) is 9.59 Å². The summed E-state index contributed by atoms with van der Waals surface area (Å²) in [5.41, 5.74) is 1.09. The van der Waals surface area contributed by atoms with Crippen LogP contribution in [-0.2, 0) is 0 Å². The van der Waals surface area contributed by atoms with Crippen LogP contribution in [0.5, 0.6) is 11.5 Å². The van der Waals surface area contributed by atoms with Crippen molar-refractivity contribution in [2.45, 2.75) is 39.7 Å². The van der Waals surface area contributed by atoms with Gasteiger partial charge in [0.05, 0.1) is 18.6 Å². The highest BCUT2D eigenvalue weighted by molar-refractivity contribution is 6.06. The Kier molecular flexibility index (Phi) is 5.22. The quantitative estimate of drug-likeness (QED) is 0.831. The molecule has 0 radical (unpaired) electrons. The predicted octanol–water partition coefficient (Wildman–Crippen LogP) is 4.72. The van der Waals surface area contributed by atoms with Crippen LogP contribution in [0, 0.1) is 5.92 Å². The molecule has 5 nitrogen and oxygen atoms in total. The van der Waals surface area contributed by atoms with Gasteiger partial charge in [-0.05, 0) is 62.2 Å². The zero-order valence-corrected chi connectivity index (χ0v) is 16.2. The Labute approximate surface area is 159 Å². The second-order valence-electron chi connectivity index (χ2n) is 7.86. The van der Waals surface area contributed by atoms with Crippen molar-refractivity contribution in [3.05, 3.63) is 53.6 Å². The van der Waals surface area contributed by atoms with Crippen LogP contribution in [0.2, 0.25) is 0 Å². The number of amides is 1. The number of fused-ring (bicyclic) bond motifs is 1. The van der Waals surface area contributed by atoms with Gasteiger partial charge in [-0.15, -0.1) is 0 Å². The molecular formula is C22H25NO4. The summed E-state index contributed by atoms with van der Waals surface area (Å²) in [5, 5.41) is 2.83. The summed E-state index contributed by atoms with van der Waals surface area (Å²) in [6.07, 6.45) is 0.315. The van der Waals surface area contributed by atoms with Gasteiger partial charge in [0, 0.05) is 11.3 Å². The molecule has 1 heterocycles. The summed E-state index contributed by atoms with van der Waals surface area (Å²) in [5.74, 6) is 1.51. The minimum atomic E-state index is -0.506. The number of carbonyl (C=O) groups is 2. The lowest BCUT2D eigenvalue weighted by Crippen LogP contribution is -2.35. The van der Waals surface area contributed by atoms with Gasteiger partial charge < -0.3 is 14.8 Å². The lowest BCUT2D eigenvalue weighted by Gasteiger charge is -2.31. The molecule has 0 aliphatic carbocycles. The normalized spacial score (nSPS) is 15.1. The first-order valence-electron chi connectivity index (χ1n) is 9.14. The number of benzene rings is 2. The summed E-state index contributed by atoms with van der Waals surface area (Å²) in [4.78, 5) is 24.8. The molecular weight excluding hydrogens is 342 g/mol. The average molecular weight is 367 g/mol. The van der Waals surface area contributed by atoms with Gasteiger partial charge in [0.25, 0.3) is 5.91 Å². The summed E-state index contributed by atoms with van der Waals surface area (Å²) in [6.45, 7) is 8.57. The average Bonchev–Trinajstić information content (AvgIpc) is 2.60. The van der Waals surface area contributed by atoms with E-state index < -0.39 is 5.60 Å². The van der Waals surface area contributed by atoms with Crippen LogP contribution >= 0.6 is 0 Å². The van der Waals surface area contributed by atoms with E-state index >= 15 is 0 Å². The van der Waals surface area contributed by atoms with Gasteiger partial charge in [0.2, 0.25) is 0 Å². The molecule has 1 N–H and O–H groups in total. The van der Waals surface area contributed by atoms with E-state index in [0.717, 1.165) is 5.75 Å².